The first-order chi connectivity index (χ1) is 13.6. The monoisotopic (exact) mass is 378 g/mol. The van der Waals surface area contributed by atoms with E-state index in [0.717, 1.165) is 48.8 Å². The predicted molar refractivity (Wildman–Crippen MR) is 105 cm³/mol. The first-order valence-electron chi connectivity index (χ1n) is 10.0. The van der Waals surface area contributed by atoms with Crippen molar-refractivity contribution in [3.63, 3.8) is 0 Å². The Labute approximate surface area is 165 Å². The largest absolute Gasteiger partial charge is 0.478 e. The molecule has 2 aromatic heterocycles. The van der Waals surface area contributed by atoms with Gasteiger partial charge in [0.2, 0.25) is 5.88 Å². The smallest absolute Gasteiger partial charge is 0.217 e. The SMILES string of the molecule is Cc1cnc(N2CCC(C3CC3CCOc3cc(C#N)nc(C)n3)CC2)cn1. The number of nitrogens with zero attached hydrogens (tertiary/aromatic N) is 6. The van der Waals surface area contributed by atoms with Crippen LogP contribution >= 0.6 is 0 Å². The number of anilines is 1. The van der Waals surface area contributed by atoms with E-state index in [9.17, 15) is 0 Å². The molecule has 2 fully saturated rings. The topological polar surface area (TPSA) is 87.8 Å². The Hall–Kier alpha value is -2.75. The van der Waals surface area contributed by atoms with Crippen LogP contribution in [0.15, 0.2) is 18.5 Å². The molecule has 4 rings (SSSR count). The van der Waals surface area contributed by atoms with Crippen LogP contribution in [0.4, 0.5) is 5.82 Å². The van der Waals surface area contributed by atoms with Gasteiger partial charge in [-0.1, -0.05) is 0 Å². The third-order valence-electron chi connectivity index (χ3n) is 5.88. The Kier molecular flexibility index (Phi) is 5.38. The summed E-state index contributed by atoms with van der Waals surface area (Å²) in [6.45, 7) is 6.53. The fourth-order valence-electron chi connectivity index (χ4n) is 4.27. The Bertz CT molecular complexity index is 854. The summed E-state index contributed by atoms with van der Waals surface area (Å²) in [6.07, 6.45) is 8.56. The summed E-state index contributed by atoms with van der Waals surface area (Å²) in [5.41, 5.74) is 1.32. The fourth-order valence-corrected chi connectivity index (χ4v) is 4.27. The van der Waals surface area contributed by atoms with Gasteiger partial charge in [0.25, 0.3) is 0 Å². The molecule has 2 aromatic rings. The van der Waals surface area contributed by atoms with Gasteiger partial charge in [-0.05, 0) is 57.3 Å². The van der Waals surface area contributed by atoms with Gasteiger partial charge >= 0.3 is 0 Å². The van der Waals surface area contributed by atoms with Crippen molar-refractivity contribution in [3.05, 3.63) is 35.7 Å². The number of rotatable bonds is 6. The van der Waals surface area contributed by atoms with Gasteiger partial charge in [-0.25, -0.2) is 9.97 Å². The maximum Gasteiger partial charge on any atom is 0.217 e. The van der Waals surface area contributed by atoms with E-state index in [1.54, 1.807) is 13.0 Å². The second-order valence-corrected chi connectivity index (χ2v) is 7.89. The molecule has 1 saturated carbocycles. The lowest BCUT2D eigenvalue weighted by molar-refractivity contribution is 0.275. The number of hydrogen-bond donors (Lipinski definition) is 0. The van der Waals surface area contributed by atoms with Gasteiger partial charge < -0.3 is 9.64 Å². The highest BCUT2D eigenvalue weighted by Gasteiger charge is 2.43. The van der Waals surface area contributed by atoms with E-state index in [2.05, 4.69) is 24.8 Å². The zero-order valence-corrected chi connectivity index (χ0v) is 16.5. The molecular weight excluding hydrogens is 352 g/mol. The quantitative estimate of drug-likeness (QED) is 0.763. The molecule has 0 bridgehead atoms. The molecule has 0 radical (unpaired) electrons. The van der Waals surface area contributed by atoms with Crippen molar-refractivity contribution in [2.75, 3.05) is 24.6 Å². The molecule has 0 spiro atoms. The molecule has 7 nitrogen and oxygen atoms in total. The lowest BCUT2D eigenvalue weighted by Gasteiger charge is -2.33. The zero-order valence-electron chi connectivity index (χ0n) is 16.5. The second-order valence-electron chi connectivity index (χ2n) is 7.89. The molecule has 3 heterocycles. The number of hydrogen-bond acceptors (Lipinski definition) is 7. The highest BCUT2D eigenvalue weighted by Crippen LogP contribution is 2.49. The maximum atomic E-state index is 8.99. The van der Waals surface area contributed by atoms with Crippen LogP contribution in [0.1, 0.15) is 42.9 Å². The van der Waals surface area contributed by atoms with Gasteiger partial charge in [-0.2, -0.15) is 10.2 Å². The minimum atomic E-state index is 0.358. The first-order valence-corrected chi connectivity index (χ1v) is 10.0. The van der Waals surface area contributed by atoms with Gasteiger partial charge in [-0.3, -0.25) is 4.98 Å². The van der Waals surface area contributed by atoms with Gasteiger partial charge in [0.05, 0.1) is 24.7 Å². The van der Waals surface area contributed by atoms with Gasteiger partial charge in [0, 0.05) is 19.2 Å². The molecule has 146 valence electrons. The number of ether oxygens (including phenoxy) is 1. The van der Waals surface area contributed by atoms with Gasteiger partial charge in [-0.15, -0.1) is 0 Å². The highest BCUT2D eigenvalue weighted by molar-refractivity contribution is 5.36. The molecule has 0 amide bonds. The molecule has 1 aliphatic heterocycles. The summed E-state index contributed by atoms with van der Waals surface area (Å²) in [7, 11) is 0. The molecule has 0 aromatic carbocycles. The summed E-state index contributed by atoms with van der Waals surface area (Å²) in [6, 6.07) is 3.66. The van der Waals surface area contributed by atoms with Gasteiger partial charge in [0.1, 0.15) is 23.4 Å². The lowest BCUT2D eigenvalue weighted by Crippen LogP contribution is -2.35. The maximum absolute atomic E-state index is 8.99. The van der Waals surface area contributed by atoms with Crippen LogP contribution < -0.4 is 9.64 Å². The van der Waals surface area contributed by atoms with Crippen LogP contribution in [0.5, 0.6) is 5.88 Å². The van der Waals surface area contributed by atoms with Crippen LogP contribution in [0.25, 0.3) is 0 Å². The Morgan fingerprint density at radius 1 is 1.18 bits per heavy atom. The van der Waals surface area contributed by atoms with Crippen LogP contribution in [-0.2, 0) is 0 Å². The molecule has 2 unspecified atom stereocenters. The molecule has 1 aliphatic carbocycles. The standard InChI is InChI=1S/C21H26N6O/c1-14-12-24-20(13-23-14)27-6-3-16(4-7-27)19-9-17(19)5-8-28-21-10-18(11-22)25-15(2)26-21/h10,12-13,16-17,19H,3-9H2,1-2H3. The number of piperidine rings is 1. The third kappa shape index (κ3) is 4.38. The van der Waals surface area contributed by atoms with E-state index in [-0.39, 0.29) is 0 Å². The summed E-state index contributed by atoms with van der Waals surface area (Å²) in [5.74, 6) is 4.48. The van der Waals surface area contributed by atoms with Crippen LogP contribution in [0.2, 0.25) is 0 Å². The van der Waals surface area contributed by atoms with E-state index in [1.165, 1.54) is 19.3 Å². The van der Waals surface area contributed by atoms with Crippen LogP contribution in [-0.4, -0.2) is 39.6 Å². The average Bonchev–Trinajstić information content (AvgIpc) is 3.48. The predicted octanol–water partition coefficient (Wildman–Crippen LogP) is 3.08. The highest BCUT2D eigenvalue weighted by atomic mass is 16.5. The minimum Gasteiger partial charge on any atom is -0.478 e. The Balaban J connectivity index is 1.20. The van der Waals surface area contributed by atoms with Gasteiger partial charge in [0.15, 0.2) is 0 Å². The fraction of sp³-hybridized carbons (Fsp3) is 0.571. The summed E-state index contributed by atoms with van der Waals surface area (Å²) in [5, 5.41) is 8.99. The molecule has 2 atom stereocenters. The van der Waals surface area contributed by atoms with Crippen molar-refractivity contribution in [1.82, 2.24) is 19.9 Å². The van der Waals surface area contributed by atoms with Crippen LogP contribution in [0, 0.1) is 42.9 Å². The van der Waals surface area contributed by atoms with E-state index in [0.29, 0.717) is 24.0 Å². The van der Waals surface area contributed by atoms with Crippen molar-refractivity contribution in [3.8, 4) is 11.9 Å². The first kappa shape index (κ1) is 18.6. The molecule has 0 N–H and O–H groups in total. The third-order valence-corrected chi connectivity index (χ3v) is 5.88. The number of aryl methyl sites for hydroxylation is 2. The van der Waals surface area contributed by atoms with Crippen LogP contribution in [0.3, 0.4) is 0 Å². The normalized spacial score (nSPS) is 22.0. The van der Waals surface area contributed by atoms with E-state index < -0.39 is 0 Å². The second kappa shape index (κ2) is 8.09. The Morgan fingerprint density at radius 2 is 2.00 bits per heavy atom. The van der Waals surface area contributed by atoms with Crippen molar-refractivity contribution in [2.45, 2.75) is 39.5 Å². The summed E-state index contributed by atoms with van der Waals surface area (Å²) in [4.78, 5) is 19.5. The van der Waals surface area contributed by atoms with Crippen molar-refractivity contribution >= 4 is 5.82 Å². The number of aromatic nitrogens is 4. The summed E-state index contributed by atoms with van der Waals surface area (Å²) < 4.78 is 5.77. The minimum absolute atomic E-state index is 0.358. The summed E-state index contributed by atoms with van der Waals surface area (Å²) >= 11 is 0. The van der Waals surface area contributed by atoms with E-state index in [4.69, 9.17) is 10.00 Å². The zero-order chi connectivity index (χ0) is 19.5. The molecule has 28 heavy (non-hydrogen) atoms. The average molecular weight is 378 g/mol. The number of nitriles is 1. The van der Waals surface area contributed by atoms with Crippen molar-refractivity contribution in [2.24, 2.45) is 17.8 Å². The molecule has 1 saturated heterocycles. The molecule has 2 aliphatic rings. The Morgan fingerprint density at radius 3 is 2.71 bits per heavy atom. The van der Waals surface area contributed by atoms with Crippen molar-refractivity contribution < 1.29 is 4.74 Å². The van der Waals surface area contributed by atoms with E-state index >= 15 is 0 Å². The van der Waals surface area contributed by atoms with Crippen molar-refractivity contribution in [1.29, 1.82) is 5.26 Å². The van der Waals surface area contributed by atoms with E-state index in [1.807, 2.05) is 25.4 Å². The lowest BCUT2D eigenvalue weighted by atomic mass is 9.90. The molecule has 7 heteroatoms. The molecular formula is C21H26N6O.